The number of hydrogen-bond donors (Lipinski definition) is 1. The third-order valence-corrected chi connectivity index (χ3v) is 7.22. The van der Waals surface area contributed by atoms with Gasteiger partial charge >= 0.3 is 0 Å². The van der Waals surface area contributed by atoms with E-state index in [2.05, 4.69) is 38.7 Å². The van der Waals surface area contributed by atoms with Crippen molar-refractivity contribution in [2.45, 2.75) is 39.0 Å². The van der Waals surface area contributed by atoms with Gasteiger partial charge in [0.15, 0.2) is 11.5 Å². The molecule has 3 aromatic rings. The molecule has 0 bridgehead atoms. The molecule has 4 heterocycles. The lowest BCUT2D eigenvalue weighted by molar-refractivity contribution is 0.105. The minimum Gasteiger partial charge on any atom is -0.391 e. The van der Waals surface area contributed by atoms with Crippen molar-refractivity contribution in [1.29, 1.82) is 0 Å². The van der Waals surface area contributed by atoms with E-state index in [0.717, 1.165) is 69.0 Å². The highest BCUT2D eigenvalue weighted by Gasteiger charge is 2.28. The number of nitrogens with zero attached hydrogens (tertiary/aromatic N) is 7. The van der Waals surface area contributed by atoms with Gasteiger partial charge in [-0.15, -0.1) is 10.2 Å². The smallest absolute Gasteiger partial charge is 0.184 e. The van der Waals surface area contributed by atoms with Crippen LogP contribution in [0.4, 0.5) is 5.82 Å². The molecular weight excluding hydrogens is 438 g/mol. The summed E-state index contributed by atoms with van der Waals surface area (Å²) >= 11 is 6.94. The number of hydrogen-bond acceptors (Lipinski definition) is 7. The predicted molar refractivity (Wildman–Crippen MR) is 132 cm³/mol. The van der Waals surface area contributed by atoms with Crippen molar-refractivity contribution in [3.8, 4) is 11.3 Å². The van der Waals surface area contributed by atoms with E-state index in [1.807, 2.05) is 35.0 Å². The third-order valence-electron chi connectivity index (χ3n) is 6.85. The number of aliphatic hydroxyl groups is 1. The van der Waals surface area contributed by atoms with Crippen LogP contribution in [0.5, 0.6) is 0 Å². The Morgan fingerprint density at radius 1 is 1.03 bits per heavy atom. The second-order valence-corrected chi connectivity index (χ2v) is 9.71. The minimum atomic E-state index is -0.343. The summed E-state index contributed by atoms with van der Waals surface area (Å²) in [5.41, 5.74) is 2.30. The average Bonchev–Trinajstić information content (AvgIpc) is 3.42. The van der Waals surface area contributed by atoms with E-state index in [1.54, 1.807) is 0 Å². The highest BCUT2D eigenvalue weighted by Crippen LogP contribution is 2.37. The van der Waals surface area contributed by atoms with Crippen molar-refractivity contribution >= 4 is 28.5 Å². The van der Waals surface area contributed by atoms with Crippen LogP contribution in [0.15, 0.2) is 30.3 Å². The van der Waals surface area contributed by atoms with Crippen LogP contribution < -0.4 is 4.90 Å². The van der Waals surface area contributed by atoms with Crippen molar-refractivity contribution in [1.82, 2.24) is 29.8 Å². The maximum atomic E-state index is 10.1. The van der Waals surface area contributed by atoms with E-state index in [4.69, 9.17) is 16.7 Å². The summed E-state index contributed by atoms with van der Waals surface area (Å²) < 4.78 is 1.94. The zero-order valence-corrected chi connectivity index (χ0v) is 20.1. The molecule has 5 rings (SSSR count). The molecule has 0 unspecified atom stereocenters. The van der Waals surface area contributed by atoms with Gasteiger partial charge in [0, 0.05) is 57.4 Å². The van der Waals surface area contributed by atoms with Crippen molar-refractivity contribution in [3.63, 3.8) is 0 Å². The first kappa shape index (κ1) is 22.5. The van der Waals surface area contributed by atoms with Crippen LogP contribution in [0.25, 0.3) is 22.3 Å². The van der Waals surface area contributed by atoms with E-state index < -0.39 is 0 Å². The second kappa shape index (κ2) is 9.54. The highest BCUT2D eigenvalue weighted by molar-refractivity contribution is 6.38. The molecule has 0 amide bonds. The Balaban J connectivity index is 1.45. The lowest BCUT2D eigenvalue weighted by Crippen LogP contribution is -2.49. The number of fused-ring (bicyclic) bond motifs is 1. The largest absolute Gasteiger partial charge is 0.391 e. The Morgan fingerprint density at radius 3 is 2.45 bits per heavy atom. The fourth-order valence-corrected chi connectivity index (χ4v) is 5.15. The monoisotopic (exact) mass is 469 g/mol. The van der Waals surface area contributed by atoms with Gasteiger partial charge in [-0.2, -0.15) is 5.10 Å². The lowest BCUT2D eigenvalue weighted by Gasteiger charge is -2.36. The summed E-state index contributed by atoms with van der Waals surface area (Å²) in [6, 6.07) is 10.5. The standard InChI is InChI=1S/C24H32ClN7O/c1-17(2)30-13-10-29(11-14-30)12-15-32-23-20(24(28-32)31-9-8-19(33)16-31)21(25)22(26-27-23)18-6-4-3-5-7-18/h3-7,17,19,33H,8-16H2,1-2H3/t19-/m1/s1. The van der Waals surface area contributed by atoms with Gasteiger partial charge in [0.2, 0.25) is 0 Å². The van der Waals surface area contributed by atoms with Crippen molar-refractivity contribution in [2.75, 3.05) is 50.7 Å². The van der Waals surface area contributed by atoms with E-state index in [9.17, 15) is 5.11 Å². The van der Waals surface area contributed by atoms with Crippen molar-refractivity contribution in [2.24, 2.45) is 0 Å². The first-order chi connectivity index (χ1) is 16.0. The van der Waals surface area contributed by atoms with E-state index in [0.29, 0.717) is 29.0 Å². The SMILES string of the molecule is CC(C)N1CCN(CCn2nc(N3CC[C@@H](O)C3)c3c(Cl)c(-c4ccccc4)nnc32)CC1. The van der Waals surface area contributed by atoms with Crippen LogP contribution in [0.1, 0.15) is 20.3 Å². The molecule has 2 fully saturated rings. The summed E-state index contributed by atoms with van der Waals surface area (Å²) in [5.74, 6) is 0.795. The molecule has 8 nitrogen and oxygen atoms in total. The number of rotatable bonds is 6. The Labute approximate surface area is 199 Å². The molecule has 1 atom stereocenters. The van der Waals surface area contributed by atoms with Gasteiger partial charge in [0.1, 0.15) is 5.69 Å². The van der Waals surface area contributed by atoms with Gasteiger partial charge in [0.05, 0.1) is 23.1 Å². The van der Waals surface area contributed by atoms with E-state index >= 15 is 0 Å². The quantitative estimate of drug-likeness (QED) is 0.595. The van der Waals surface area contributed by atoms with Gasteiger partial charge in [-0.1, -0.05) is 41.9 Å². The Hall–Kier alpha value is -2.26. The van der Waals surface area contributed by atoms with Crippen LogP contribution in [-0.2, 0) is 6.54 Å². The molecule has 0 aliphatic carbocycles. The number of benzene rings is 1. The highest BCUT2D eigenvalue weighted by atomic mass is 35.5. The topological polar surface area (TPSA) is 73.5 Å². The number of aromatic nitrogens is 4. The summed E-state index contributed by atoms with van der Waals surface area (Å²) in [4.78, 5) is 7.12. The molecule has 176 valence electrons. The van der Waals surface area contributed by atoms with Crippen molar-refractivity contribution < 1.29 is 5.11 Å². The van der Waals surface area contributed by atoms with Gasteiger partial charge in [-0.25, -0.2) is 4.68 Å². The molecule has 0 saturated carbocycles. The average molecular weight is 470 g/mol. The number of piperazine rings is 1. The first-order valence-corrected chi connectivity index (χ1v) is 12.3. The molecule has 2 aromatic heterocycles. The number of anilines is 1. The molecule has 0 radical (unpaired) electrons. The molecule has 2 aliphatic rings. The van der Waals surface area contributed by atoms with Crippen molar-refractivity contribution in [3.05, 3.63) is 35.4 Å². The normalized spacial score (nSPS) is 20.4. The van der Waals surface area contributed by atoms with Gasteiger partial charge in [-0.3, -0.25) is 9.80 Å². The summed E-state index contributed by atoms with van der Waals surface area (Å²) in [7, 11) is 0. The fraction of sp³-hybridized carbons (Fsp3) is 0.542. The van der Waals surface area contributed by atoms with Gasteiger partial charge in [-0.05, 0) is 20.3 Å². The van der Waals surface area contributed by atoms with Crippen LogP contribution in [-0.4, -0.2) is 92.8 Å². The molecule has 1 aromatic carbocycles. The summed E-state index contributed by atoms with van der Waals surface area (Å²) in [6.45, 7) is 11.8. The molecule has 9 heteroatoms. The molecule has 33 heavy (non-hydrogen) atoms. The Morgan fingerprint density at radius 2 is 1.79 bits per heavy atom. The Bertz CT molecular complexity index is 1100. The molecule has 2 aliphatic heterocycles. The maximum absolute atomic E-state index is 10.1. The van der Waals surface area contributed by atoms with Gasteiger partial charge < -0.3 is 10.0 Å². The van der Waals surface area contributed by atoms with Crippen LogP contribution in [0.2, 0.25) is 5.02 Å². The molecule has 1 N–H and O–H groups in total. The van der Waals surface area contributed by atoms with E-state index in [1.165, 1.54) is 0 Å². The zero-order chi connectivity index (χ0) is 22.9. The maximum Gasteiger partial charge on any atom is 0.184 e. The summed E-state index contributed by atoms with van der Waals surface area (Å²) in [6.07, 6.45) is 0.389. The molecular formula is C24H32ClN7O. The first-order valence-electron chi connectivity index (χ1n) is 11.9. The third kappa shape index (κ3) is 4.57. The summed E-state index contributed by atoms with van der Waals surface area (Å²) in [5, 5.41) is 25.5. The second-order valence-electron chi connectivity index (χ2n) is 9.33. The number of aliphatic hydroxyl groups excluding tert-OH is 1. The molecule has 2 saturated heterocycles. The lowest BCUT2D eigenvalue weighted by atomic mass is 10.1. The number of halogens is 1. The number of β-amino-alcohol motifs (C(OH)–C–C–N with tert-alkyl or cyclic N) is 1. The van der Waals surface area contributed by atoms with E-state index in [-0.39, 0.29) is 6.10 Å². The van der Waals surface area contributed by atoms with Crippen LogP contribution in [0, 0.1) is 0 Å². The predicted octanol–water partition coefficient (Wildman–Crippen LogP) is 2.74. The molecule has 0 spiro atoms. The van der Waals surface area contributed by atoms with Crippen LogP contribution in [0.3, 0.4) is 0 Å². The van der Waals surface area contributed by atoms with Gasteiger partial charge in [0.25, 0.3) is 0 Å². The minimum absolute atomic E-state index is 0.343. The Kier molecular flexibility index (Phi) is 6.51. The zero-order valence-electron chi connectivity index (χ0n) is 19.4. The fourth-order valence-electron chi connectivity index (χ4n) is 4.83. The van der Waals surface area contributed by atoms with Crippen LogP contribution >= 0.6 is 11.6 Å².